The van der Waals surface area contributed by atoms with Crippen LogP contribution in [0.25, 0.3) is 16.7 Å². The maximum Gasteiger partial charge on any atom is 0.0923 e. The van der Waals surface area contributed by atoms with E-state index in [9.17, 15) is 0 Å². The lowest BCUT2D eigenvalue weighted by molar-refractivity contribution is 0.548. The van der Waals surface area contributed by atoms with Crippen LogP contribution < -0.4 is 9.80 Å². The zero-order valence-corrected chi connectivity index (χ0v) is 27.9. The smallest absolute Gasteiger partial charge is 0.0923 e. The Hall–Kier alpha value is -6.38. The second-order valence-electron chi connectivity index (χ2n) is 12.6. The van der Waals surface area contributed by atoms with E-state index in [0.717, 1.165) is 34.9 Å². The van der Waals surface area contributed by atoms with Crippen molar-refractivity contribution in [1.82, 2.24) is 0 Å². The lowest BCUT2D eigenvalue weighted by Gasteiger charge is -2.45. The molecule has 0 spiro atoms. The Morgan fingerprint density at radius 2 is 0.760 bits per heavy atom. The van der Waals surface area contributed by atoms with Crippen molar-refractivity contribution in [1.29, 1.82) is 0 Å². The number of hydrogen-bond acceptors (Lipinski definition) is 2. The van der Waals surface area contributed by atoms with Crippen LogP contribution in [0.2, 0.25) is 0 Å². The number of anilines is 5. The van der Waals surface area contributed by atoms with E-state index >= 15 is 0 Å². The normalized spacial score (nSPS) is 15.2. The van der Waals surface area contributed by atoms with Gasteiger partial charge in [-0.3, -0.25) is 0 Å². The van der Waals surface area contributed by atoms with Gasteiger partial charge in [-0.1, -0.05) is 158 Å². The highest BCUT2D eigenvalue weighted by molar-refractivity contribution is 5.82. The maximum atomic E-state index is 2.50. The molecule has 8 rings (SSSR count). The molecule has 1 aliphatic carbocycles. The standard InChI is InChI=1S/C48H38N2/c1-6-16-38(17-7-1)39-26-30-42(31-27-39)48(50(46-22-12-4-13-23-46)47-24-14-5-15-25-47)36-34-41(35-37-48)40-28-32-45(33-29-40)49(43-18-8-2-9-19-43)44-20-10-3-11-21-44/h1-36H,37H2. The summed E-state index contributed by atoms with van der Waals surface area (Å²) in [6.07, 6.45) is 7.93. The number of nitrogens with zero attached hydrogens (tertiary/aromatic N) is 2. The Labute approximate surface area is 295 Å². The summed E-state index contributed by atoms with van der Waals surface area (Å²) in [6.45, 7) is 0. The van der Waals surface area contributed by atoms with Crippen LogP contribution in [-0.4, -0.2) is 0 Å². The molecule has 7 aromatic carbocycles. The largest absolute Gasteiger partial charge is 0.327 e. The van der Waals surface area contributed by atoms with Gasteiger partial charge in [0.1, 0.15) is 0 Å². The number of benzene rings is 7. The number of allylic oxidation sites excluding steroid dienone is 2. The minimum Gasteiger partial charge on any atom is -0.327 e. The molecule has 240 valence electrons. The number of rotatable bonds is 9. The third kappa shape index (κ3) is 6.16. The van der Waals surface area contributed by atoms with E-state index in [1.54, 1.807) is 0 Å². The van der Waals surface area contributed by atoms with Gasteiger partial charge in [-0.25, -0.2) is 0 Å². The second kappa shape index (κ2) is 14.0. The van der Waals surface area contributed by atoms with E-state index in [4.69, 9.17) is 0 Å². The van der Waals surface area contributed by atoms with E-state index in [-0.39, 0.29) is 0 Å². The minimum absolute atomic E-state index is 0.446. The second-order valence-corrected chi connectivity index (χ2v) is 12.6. The molecule has 0 fully saturated rings. The molecule has 1 unspecified atom stereocenters. The third-order valence-corrected chi connectivity index (χ3v) is 9.58. The average molecular weight is 643 g/mol. The summed E-state index contributed by atoms with van der Waals surface area (Å²) in [5, 5.41) is 0. The van der Waals surface area contributed by atoms with Crippen LogP contribution in [0.4, 0.5) is 28.4 Å². The SMILES string of the molecule is C1=CC(c2ccc(-c3ccccc3)cc2)(N(c2ccccc2)c2ccccc2)CC=C1c1ccc(N(c2ccccc2)c2ccccc2)cc1. The molecule has 0 N–H and O–H groups in total. The van der Waals surface area contributed by atoms with Gasteiger partial charge in [-0.2, -0.15) is 0 Å². The first-order valence-electron chi connectivity index (χ1n) is 17.2. The molecular weight excluding hydrogens is 605 g/mol. The van der Waals surface area contributed by atoms with Crippen molar-refractivity contribution in [2.24, 2.45) is 0 Å². The zero-order valence-electron chi connectivity index (χ0n) is 27.9. The summed E-state index contributed by atoms with van der Waals surface area (Å²) >= 11 is 0. The molecule has 0 saturated carbocycles. The lowest BCUT2D eigenvalue weighted by atomic mass is 9.78. The first-order valence-corrected chi connectivity index (χ1v) is 17.2. The number of hydrogen-bond donors (Lipinski definition) is 0. The first-order chi connectivity index (χ1) is 24.8. The Bertz CT molecular complexity index is 2110. The van der Waals surface area contributed by atoms with Crippen molar-refractivity contribution >= 4 is 34.0 Å². The van der Waals surface area contributed by atoms with E-state index in [2.05, 4.69) is 228 Å². The van der Waals surface area contributed by atoms with Gasteiger partial charge < -0.3 is 9.80 Å². The molecule has 0 radical (unpaired) electrons. The fourth-order valence-corrected chi connectivity index (χ4v) is 7.10. The molecule has 1 atom stereocenters. The Morgan fingerprint density at radius 1 is 0.360 bits per heavy atom. The van der Waals surface area contributed by atoms with Crippen LogP contribution in [0.1, 0.15) is 17.5 Å². The third-order valence-electron chi connectivity index (χ3n) is 9.58. The summed E-state index contributed by atoms with van der Waals surface area (Å²) in [5.41, 5.74) is 11.3. The van der Waals surface area contributed by atoms with Gasteiger partial charge in [0.15, 0.2) is 0 Å². The van der Waals surface area contributed by atoms with E-state index in [1.807, 2.05) is 0 Å². The summed E-state index contributed by atoms with van der Waals surface area (Å²) in [4.78, 5) is 4.80. The van der Waals surface area contributed by atoms with Crippen molar-refractivity contribution in [3.63, 3.8) is 0 Å². The van der Waals surface area contributed by atoms with Gasteiger partial charge in [0.2, 0.25) is 0 Å². The molecule has 2 heteroatoms. The maximum absolute atomic E-state index is 2.50. The fraction of sp³-hybridized carbons (Fsp3) is 0.0417. The first kappa shape index (κ1) is 30.9. The van der Waals surface area contributed by atoms with Gasteiger partial charge in [0, 0.05) is 28.4 Å². The molecule has 50 heavy (non-hydrogen) atoms. The molecule has 2 nitrogen and oxygen atoms in total. The van der Waals surface area contributed by atoms with Crippen LogP contribution in [0.5, 0.6) is 0 Å². The van der Waals surface area contributed by atoms with Crippen molar-refractivity contribution in [2.45, 2.75) is 12.0 Å². The van der Waals surface area contributed by atoms with Crippen molar-refractivity contribution in [2.75, 3.05) is 9.80 Å². The molecule has 0 saturated heterocycles. The van der Waals surface area contributed by atoms with Gasteiger partial charge >= 0.3 is 0 Å². The Balaban J connectivity index is 1.18. The van der Waals surface area contributed by atoms with Crippen molar-refractivity contribution in [3.8, 4) is 11.1 Å². The monoisotopic (exact) mass is 642 g/mol. The van der Waals surface area contributed by atoms with Crippen LogP contribution >= 0.6 is 0 Å². The highest BCUT2D eigenvalue weighted by Crippen LogP contribution is 2.47. The fourth-order valence-electron chi connectivity index (χ4n) is 7.10. The Morgan fingerprint density at radius 3 is 1.22 bits per heavy atom. The zero-order chi connectivity index (χ0) is 33.6. The van der Waals surface area contributed by atoms with E-state index in [0.29, 0.717) is 0 Å². The van der Waals surface area contributed by atoms with Gasteiger partial charge in [0.25, 0.3) is 0 Å². The number of para-hydroxylation sites is 4. The van der Waals surface area contributed by atoms with Crippen LogP contribution in [0.15, 0.2) is 218 Å². The Kier molecular flexibility index (Phi) is 8.66. The molecule has 0 aromatic heterocycles. The quantitative estimate of drug-likeness (QED) is 0.155. The highest BCUT2D eigenvalue weighted by atomic mass is 15.2. The van der Waals surface area contributed by atoms with Crippen molar-refractivity contribution in [3.05, 3.63) is 230 Å². The summed E-state index contributed by atoms with van der Waals surface area (Å²) in [5.74, 6) is 0. The minimum atomic E-state index is -0.446. The predicted octanol–water partition coefficient (Wildman–Crippen LogP) is 12.9. The van der Waals surface area contributed by atoms with E-state index < -0.39 is 5.54 Å². The van der Waals surface area contributed by atoms with Gasteiger partial charge in [-0.05, 0) is 94.9 Å². The summed E-state index contributed by atoms with van der Waals surface area (Å²) in [6, 6.07) is 71.3. The lowest BCUT2D eigenvalue weighted by Crippen LogP contribution is -2.42. The van der Waals surface area contributed by atoms with Crippen molar-refractivity contribution < 1.29 is 0 Å². The predicted molar refractivity (Wildman–Crippen MR) is 211 cm³/mol. The highest BCUT2D eigenvalue weighted by Gasteiger charge is 2.38. The summed E-state index contributed by atoms with van der Waals surface area (Å²) < 4.78 is 0. The van der Waals surface area contributed by atoms with Crippen LogP contribution in [-0.2, 0) is 5.54 Å². The van der Waals surface area contributed by atoms with Gasteiger partial charge in [-0.15, -0.1) is 0 Å². The average Bonchev–Trinajstić information content (AvgIpc) is 3.21. The molecule has 0 heterocycles. The topological polar surface area (TPSA) is 6.48 Å². The molecule has 1 aliphatic rings. The molecule has 0 amide bonds. The van der Waals surface area contributed by atoms with E-state index in [1.165, 1.54) is 27.8 Å². The molecule has 7 aromatic rings. The summed E-state index contributed by atoms with van der Waals surface area (Å²) in [7, 11) is 0. The van der Waals surface area contributed by atoms with Crippen LogP contribution in [0.3, 0.4) is 0 Å². The van der Waals surface area contributed by atoms with Crippen LogP contribution in [0, 0.1) is 0 Å². The van der Waals surface area contributed by atoms with Gasteiger partial charge in [0.05, 0.1) is 5.54 Å². The molecule has 0 bridgehead atoms. The molecular formula is C48H38N2. The molecule has 0 aliphatic heterocycles.